The van der Waals surface area contributed by atoms with Crippen molar-refractivity contribution in [2.24, 2.45) is 0 Å². The van der Waals surface area contributed by atoms with Crippen LogP contribution in [0, 0.1) is 0 Å². The van der Waals surface area contributed by atoms with Gasteiger partial charge in [0.15, 0.2) is 11.6 Å². The van der Waals surface area contributed by atoms with Crippen LogP contribution in [0.3, 0.4) is 0 Å². The lowest BCUT2D eigenvalue weighted by atomic mass is 10.0. The van der Waals surface area contributed by atoms with Crippen molar-refractivity contribution in [1.29, 1.82) is 0 Å². The molecule has 0 radical (unpaired) electrons. The first kappa shape index (κ1) is 15.9. The van der Waals surface area contributed by atoms with E-state index >= 15 is 0 Å². The first-order chi connectivity index (χ1) is 11.6. The zero-order valence-corrected chi connectivity index (χ0v) is 13.7. The van der Waals surface area contributed by atoms with Gasteiger partial charge in [-0.25, -0.2) is 4.79 Å². The molecule has 0 spiro atoms. The van der Waals surface area contributed by atoms with Crippen LogP contribution in [0.1, 0.15) is 34.6 Å². The van der Waals surface area contributed by atoms with E-state index in [9.17, 15) is 14.4 Å². The van der Waals surface area contributed by atoms with Crippen LogP contribution in [0.5, 0.6) is 0 Å². The van der Waals surface area contributed by atoms with Crippen LogP contribution in [0.2, 0.25) is 0 Å². The molecule has 3 rings (SSSR count). The van der Waals surface area contributed by atoms with E-state index in [0.29, 0.717) is 29.8 Å². The van der Waals surface area contributed by atoms with Crippen molar-refractivity contribution >= 4 is 17.6 Å². The van der Waals surface area contributed by atoms with Gasteiger partial charge in [0, 0.05) is 36.6 Å². The first-order valence-corrected chi connectivity index (χ1v) is 7.94. The number of nitrogens with zero attached hydrogens (tertiary/aromatic N) is 2. The molecule has 0 bridgehead atoms. The third kappa shape index (κ3) is 2.48. The Morgan fingerprint density at radius 3 is 1.92 bits per heavy atom. The summed E-state index contributed by atoms with van der Waals surface area (Å²) >= 11 is 0. The molecule has 5 heteroatoms. The van der Waals surface area contributed by atoms with Crippen LogP contribution in [-0.2, 0) is 0 Å². The lowest BCUT2D eigenvalue weighted by Gasteiger charge is -2.25. The van der Waals surface area contributed by atoms with Crippen molar-refractivity contribution in [3.8, 4) is 0 Å². The highest BCUT2D eigenvalue weighted by Crippen LogP contribution is 2.30. The lowest BCUT2D eigenvalue weighted by Crippen LogP contribution is -2.38. The van der Waals surface area contributed by atoms with Crippen molar-refractivity contribution in [1.82, 2.24) is 9.80 Å². The zero-order valence-electron chi connectivity index (χ0n) is 13.7. The molecule has 24 heavy (non-hydrogen) atoms. The molecule has 1 aromatic rings. The van der Waals surface area contributed by atoms with Crippen LogP contribution in [0.25, 0.3) is 0 Å². The highest BCUT2D eigenvalue weighted by molar-refractivity contribution is 6.40. The maximum absolute atomic E-state index is 12.5. The number of hydrogen-bond donors (Lipinski definition) is 0. The molecule has 0 fully saturated rings. The Kier molecular flexibility index (Phi) is 4.16. The number of urea groups is 1. The molecular formula is C19H18N2O3. The average molecular weight is 322 g/mol. The zero-order chi connectivity index (χ0) is 17.3. The molecule has 1 aromatic carbocycles. The minimum atomic E-state index is -0.261. The van der Waals surface area contributed by atoms with Gasteiger partial charge in [-0.2, -0.15) is 0 Å². The minimum absolute atomic E-state index is 0.135. The summed E-state index contributed by atoms with van der Waals surface area (Å²) in [6.45, 7) is 5.07. The quantitative estimate of drug-likeness (QED) is 0.621. The van der Waals surface area contributed by atoms with Crippen molar-refractivity contribution in [2.45, 2.75) is 13.8 Å². The van der Waals surface area contributed by atoms with Crippen LogP contribution in [-0.4, -0.2) is 40.5 Å². The molecule has 0 saturated heterocycles. The fraction of sp³-hybridized carbons (Fsp3) is 0.211. The largest absolute Gasteiger partial charge is 0.328 e. The number of allylic oxidation sites excluding steroid dienone is 4. The Hall–Kier alpha value is -2.95. The second-order valence-corrected chi connectivity index (χ2v) is 5.53. The molecule has 0 unspecified atom stereocenters. The van der Waals surface area contributed by atoms with Gasteiger partial charge < -0.3 is 4.90 Å². The fourth-order valence-corrected chi connectivity index (χ4v) is 2.89. The van der Waals surface area contributed by atoms with E-state index in [2.05, 4.69) is 0 Å². The summed E-state index contributed by atoms with van der Waals surface area (Å²) in [5.74, 6) is -0.521. The number of amides is 2. The first-order valence-electron chi connectivity index (χ1n) is 7.94. The van der Waals surface area contributed by atoms with Crippen LogP contribution in [0.4, 0.5) is 4.79 Å². The number of hydrogen-bond acceptors (Lipinski definition) is 3. The number of carbonyl (C=O) groups is 3. The van der Waals surface area contributed by atoms with Gasteiger partial charge in [0.2, 0.25) is 0 Å². The summed E-state index contributed by atoms with van der Waals surface area (Å²) in [5.41, 5.74) is 1.57. The van der Waals surface area contributed by atoms with E-state index in [1.54, 1.807) is 53.7 Å². The Labute approximate surface area is 140 Å². The summed E-state index contributed by atoms with van der Waals surface area (Å²) < 4.78 is 0. The topological polar surface area (TPSA) is 57.7 Å². The number of rotatable bonds is 2. The fourth-order valence-electron chi connectivity index (χ4n) is 2.89. The summed E-state index contributed by atoms with van der Waals surface area (Å²) in [7, 11) is 0. The van der Waals surface area contributed by atoms with Gasteiger partial charge in [0.05, 0.1) is 5.57 Å². The minimum Gasteiger partial charge on any atom is -0.325 e. The Morgan fingerprint density at radius 2 is 1.46 bits per heavy atom. The number of benzene rings is 1. The number of fused-ring (bicyclic) bond motifs is 1. The summed E-state index contributed by atoms with van der Waals surface area (Å²) in [4.78, 5) is 40.4. The molecule has 0 saturated carbocycles. The van der Waals surface area contributed by atoms with Crippen molar-refractivity contribution in [2.75, 3.05) is 13.1 Å². The van der Waals surface area contributed by atoms with Gasteiger partial charge in [-0.3, -0.25) is 14.5 Å². The number of Topliss-reactive ketones (excluding diaryl/α,β-unsaturated/α-hetero) is 2. The van der Waals surface area contributed by atoms with Gasteiger partial charge in [0.25, 0.3) is 0 Å². The van der Waals surface area contributed by atoms with E-state index in [1.165, 1.54) is 4.90 Å². The summed E-state index contributed by atoms with van der Waals surface area (Å²) in [5, 5.41) is 0. The van der Waals surface area contributed by atoms with Crippen molar-refractivity contribution in [3.63, 3.8) is 0 Å². The second-order valence-electron chi connectivity index (χ2n) is 5.53. The van der Waals surface area contributed by atoms with Crippen molar-refractivity contribution < 1.29 is 14.4 Å². The van der Waals surface area contributed by atoms with Gasteiger partial charge in [-0.05, 0) is 31.6 Å². The van der Waals surface area contributed by atoms with E-state index in [0.717, 1.165) is 0 Å². The molecule has 1 heterocycles. The monoisotopic (exact) mass is 322 g/mol. The smallest absolute Gasteiger partial charge is 0.325 e. The molecule has 1 aliphatic heterocycles. The van der Waals surface area contributed by atoms with E-state index in [1.807, 2.05) is 13.8 Å². The van der Waals surface area contributed by atoms with E-state index in [-0.39, 0.29) is 23.2 Å². The summed E-state index contributed by atoms with van der Waals surface area (Å²) in [6, 6.07) is 6.68. The standard InChI is InChI=1S/C19H18N2O3/c1-3-20(4-2)19(24)21-11-9-13(10-12-21)16-17(22)14-7-5-6-8-15(14)18(16)23/h5-12H,3-4H2,1-2H3. The second kappa shape index (κ2) is 6.28. The van der Waals surface area contributed by atoms with E-state index < -0.39 is 0 Å². The van der Waals surface area contributed by atoms with Crippen LogP contribution in [0.15, 0.2) is 60.0 Å². The highest BCUT2D eigenvalue weighted by atomic mass is 16.2. The van der Waals surface area contributed by atoms with Gasteiger partial charge in [-0.1, -0.05) is 24.3 Å². The summed E-state index contributed by atoms with van der Waals surface area (Å²) in [6.07, 6.45) is 6.45. The van der Waals surface area contributed by atoms with Crippen molar-refractivity contribution in [3.05, 3.63) is 71.1 Å². The van der Waals surface area contributed by atoms with Gasteiger partial charge in [0.1, 0.15) is 0 Å². The van der Waals surface area contributed by atoms with Crippen LogP contribution < -0.4 is 0 Å². The van der Waals surface area contributed by atoms with Crippen LogP contribution >= 0.6 is 0 Å². The predicted molar refractivity (Wildman–Crippen MR) is 90.6 cm³/mol. The Balaban J connectivity index is 1.89. The normalized spacial score (nSPS) is 16.0. The maximum Gasteiger partial charge on any atom is 0.328 e. The molecule has 5 nitrogen and oxygen atoms in total. The number of carbonyl (C=O) groups excluding carboxylic acids is 3. The highest BCUT2D eigenvalue weighted by Gasteiger charge is 2.34. The molecule has 2 aliphatic rings. The van der Waals surface area contributed by atoms with E-state index in [4.69, 9.17) is 0 Å². The number of ketones is 2. The third-order valence-corrected chi connectivity index (χ3v) is 4.24. The van der Waals surface area contributed by atoms with Gasteiger partial charge in [-0.15, -0.1) is 0 Å². The molecule has 1 aliphatic carbocycles. The maximum atomic E-state index is 12.5. The SMILES string of the molecule is CCN(CC)C(=O)N1C=CC(=C2C(=O)c3ccccc3C2=O)C=C1. The van der Waals surface area contributed by atoms with Gasteiger partial charge >= 0.3 is 6.03 Å². The molecule has 0 N–H and O–H groups in total. The molecule has 0 aromatic heterocycles. The Morgan fingerprint density at radius 1 is 0.958 bits per heavy atom. The molecule has 0 atom stereocenters. The average Bonchev–Trinajstić information content (AvgIpc) is 2.87. The Bertz CT molecular complexity index is 761. The molecule has 2 amide bonds. The molecule has 122 valence electrons. The third-order valence-electron chi connectivity index (χ3n) is 4.24. The molecular weight excluding hydrogens is 304 g/mol. The predicted octanol–water partition coefficient (Wildman–Crippen LogP) is 3.17. The lowest BCUT2D eigenvalue weighted by molar-refractivity contribution is 0.0988.